The van der Waals surface area contributed by atoms with Crippen LogP contribution in [0.3, 0.4) is 0 Å². The summed E-state index contributed by atoms with van der Waals surface area (Å²) in [5.74, 6) is -0.290. The van der Waals surface area contributed by atoms with Crippen LogP contribution in [-0.4, -0.2) is 31.2 Å². The normalized spacial score (nSPS) is 12.6. The fourth-order valence-corrected chi connectivity index (χ4v) is 1.43. The molecule has 4 heteroatoms. The van der Waals surface area contributed by atoms with Crippen LogP contribution in [0.15, 0.2) is 24.3 Å². The lowest BCUT2D eigenvalue weighted by atomic mass is 10.1. The maximum Gasteiger partial charge on any atom is 0.339 e. The van der Waals surface area contributed by atoms with Crippen LogP contribution in [0, 0.1) is 0 Å². The molecule has 3 nitrogen and oxygen atoms in total. The van der Waals surface area contributed by atoms with E-state index in [9.17, 15) is 4.79 Å². The predicted octanol–water partition coefficient (Wildman–Crippen LogP) is 2.65. The van der Waals surface area contributed by atoms with Crippen molar-refractivity contribution in [3.05, 3.63) is 35.4 Å². The van der Waals surface area contributed by atoms with Crippen molar-refractivity contribution in [3.8, 4) is 0 Å². The molecule has 0 bridgehead atoms. The Morgan fingerprint density at radius 1 is 1.38 bits per heavy atom. The van der Waals surface area contributed by atoms with Crippen molar-refractivity contribution in [1.29, 1.82) is 0 Å². The van der Waals surface area contributed by atoms with E-state index in [1.807, 2.05) is 38.1 Å². The highest BCUT2D eigenvalue weighted by Crippen LogP contribution is 2.10. The number of rotatable bonds is 4. The molecule has 0 fully saturated rings. The number of hydrogen-bond acceptors (Lipinski definition) is 3. The molecule has 0 radical (unpaired) electrons. The Kier molecular flexibility index (Phi) is 4.96. The van der Waals surface area contributed by atoms with E-state index in [2.05, 4.69) is 15.9 Å². The smallest absolute Gasteiger partial charge is 0.339 e. The number of ether oxygens (including phenoxy) is 1. The zero-order chi connectivity index (χ0) is 12.1. The van der Waals surface area contributed by atoms with E-state index in [1.54, 1.807) is 12.1 Å². The second kappa shape index (κ2) is 6.01. The molecule has 0 aliphatic rings. The van der Waals surface area contributed by atoms with Gasteiger partial charge in [0.25, 0.3) is 0 Å². The van der Waals surface area contributed by atoms with Crippen molar-refractivity contribution in [2.45, 2.75) is 18.5 Å². The van der Waals surface area contributed by atoms with E-state index in [0.717, 1.165) is 10.9 Å². The fourth-order valence-electron chi connectivity index (χ4n) is 1.06. The molecule has 1 rings (SSSR count). The monoisotopic (exact) mass is 285 g/mol. The molecule has 0 aliphatic heterocycles. The fraction of sp³-hybridized carbons (Fsp3) is 0.417. The molecule has 0 aliphatic carbocycles. The van der Waals surface area contributed by atoms with Crippen molar-refractivity contribution < 1.29 is 9.53 Å². The van der Waals surface area contributed by atoms with Crippen molar-refractivity contribution >= 4 is 21.9 Å². The molecule has 1 unspecified atom stereocenters. The van der Waals surface area contributed by atoms with Gasteiger partial charge in [-0.15, -0.1) is 0 Å². The van der Waals surface area contributed by atoms with E-state index in [1.165, 1.54) is 0 Å². The summed E-state index contributed by atoms with van der Waals surface area (Å²) in [4.78, 5) is 13.5. The van der Waals surface area contributed by atoms with Crippen molar-refractivity contribution in [3.63, 3.8) is 0 Å². The van der Waals surface area contributed by atoms with Gasteiger partial charge in [-0.1, -0.05) is 28.1 Å². The summed E-state index contributed by atoms with van der Waals surface area (Å²) in [6, 6.07) is 7.37. The SMILES string of the molecule is CC(OC(=O)c1ccc(CBr)cc1)N(C)C. The molecule has 1 aromatic carbocycles. The van der Waals surface area contributed by atoms with Gasteiger partial charge in [0, 0.05) is 5.33 Å². The van der Waals surface area contributed by atoms with Crippen LogP contribution in [-0.2, 0) is 10.1 Å². The quantitative estimate of drug-likeness (QED) is 0.484. The van der Waals surface area contributed by atoms with Crippen LogP contribution in [0.4, 0.5) is 0 Å². The third-order valence-electron chi connectivity index (χ3n) is 2.35. The summed E-state index contributed by atoms with van der Waals surface area (Å²) >= 11 is 3.36. The van der Waals surface area contributed by atoms with Gasteiger partial charge < -0.3 is 4.74 Å². The second-order valence-electron chi connectivity index (χ2n) is 3.80. The number of halogens is 1. The van der Waals surface area contributed by atoms with Gasteiger partial charge in [0.1, 0.15) is 0 Å². The number of hydrogen-bond donors (Lipinski definition) is 0. The van der Waals surface area contributed by atoms with Crippen LogP contribution in [0.25, 0.3) is 0 Å². The maximum atomic E-state index is 11.7. The van der Waals surface area contributed by atoms with Crippen molar-refractivity contribution in [2.75, 3.05) is 14.1 Å². The Hall–Kier alpha value is -0.870. The van der Waals surface area contributed by atoms with Crippen LogP contribution in [0.2, 0.25) is 0 Å². The molecule has 0 amide bonds. The molecule has 0 saturated carbocycles. The first-order chi connectivity index (χ1) is 7.54. The van der Waals surface area contributed by atoms with Gasteiger partial charge >= 0.3 is 5.97 Å². The summed E-state index contributed by atoms with van der Waals surface area (Å²) in [6.45, 7) is 1.84. The van der Waals surface area contributed by atoms with Crippen molar-refractivity contribution in [2.24, 2.45) is 0 Å². The average Bonchev–Trinajstić information content (AvgIpc) is 2.28. The zero-order valence-corrected chi connectivity index (χ0v) is 11.3. The highest BCUT2D eigenvalue weighted by molar-refractivity contribution is 9.08. The molecule has 0 heterocycles. The minimum atomic E-state index is -0.290. The third-order valence-corrected chi connectivity index (χ3v) is 3.00. The summed E-state index contributed by atoms with van der Waals surface area (Å²) in [7, 11) is 3.73. The molecule has 16 heavy (non-hydrogen) atoms. The molecule has 88 valence electrons. The highest BCUT2D eigenvalue weighted by atomic mass is 79.9. The number of benzene rings is 1. The first kappa shape index (κ1) is 13.2. The largest absolute Gasteiger partial charge is 0.443 e. The molecule has 0 N–H and O–H groups in total. The van der Waals surface area contributed by atoms with E-state index in [-0.39, 0.29) is 12.2 Å². The lowest BCUT2D eigenvalue weighted by molar-refractivity contribution is -0.00546. The van der Waals surface area contributed by atoms with Gasteiger partial charge in [-0.25, -0.2) is 4.79 Å². The summed E-state index contributed by atoms with van der Waals surface area (Å²) in [6.07, 6.45) is -0.219. The van der Waals surface area contributed by atoms with Gasteiger partial charge in [-0.2, -0.15) is 0 Å². The number of nitrogens with zero attached hydrogens (tertiary/aromatic N) is 1. The standard InChI is InChI=1S/C12H16BrNO2/c1-9(14(2)3)16-12(15)11-6-4-10(8-13)5-7-11/h4-7,9H,8H2,1-3H3. The summed E-state index contributed by atoms with van der Waals surface area (Å²) < 4.78 is 5.25. The lowest BCUT2D eigenvalue weighted by Gasteiger charge is -2.19. The topological polar surface area (TPSA) is 29.5 Å². The number of esters is 1. The summed E-state index contributed by atoms with van der Waals surface area (Å²) in [5, 5.41) is 0.788. The van der Waals surface area contributed by atoms with Gasteiger partial charge in [-0.05, 0) is 38.7 Å². The second-order valence-corrected chi connectivity index (χ2v) is 4.36. The number of alkyl halides is 1. The van der Waals surface area contributed by atoms with Crippen LogP contribution in [0.5, 0.6) is 0 Å². The predicted molar refractivity (Wildman–Crippen MR) is 67.6 cm³/mol. The van der Waals surface area contributed by atoms with Gasteiger partial charge in [-0.3, -0.25) is 4.90 Å². The Morgan fingerprint density at radius 3 is 2.38 bits per heavy atom. The number of carbonyl (C=O) groups excluding carboxylic acids is 1. The Balaban J connectivity index is 2.66. The van der Waals surface area contributed by atoms with E-state index >= 15 is 0 Å². The average molecular weight is 286 g/mol. The molecule has 0 saturated heterocycles. The first-order valence-electron chi connectivity index (χ1n) is 5.07. The van der Waals surface area contributed by atoms with E-state index in [4.69, 9.17) is 4.74 Å². The number of carbonyl (C=O) groups is 1. The molecule has 1 atom stereocenters. The minimum absolute atomic E-state index is 0.219. The molecular formula is C12H16BrNO2. The lowest BCUT2D eigenvalue weighted by Crippen LogP contribution is -2.29. The first-order valence-corrected chi connectivity index (χ1v) is 6.19. The Bertz CT molecular complexity index is 349. The van der Waals surface area contributed by atoms with Crippen LogP contribution < -0.4 is 0 Å². The van der Waals surface area contributed by atoms with E-state index in [0.29, 0.717) is 5.56 Å². The highest BCUT2D eigenvalue weighted by Gasteiger charge is 2.12. The summed E-state index contributed by atoms with van der Waals surface area (Å²) in [5.41, 5.74) is 1.72. The molecular weight excluding hydrogens is 270 g/mol. The van der Waals surface area contributed by atoms with E-state index < -0.39 is 0 Å². The van der Waals surface area contributed by atoms with Gasteiger partial charge in [0.2, 0.25) is 0 Å². The van der Waals surface area contributed by atoms with Crippen molar-refractivity contribution in [1.82, 2.24) is 4.90 Å². The molecule has 1 aromatic rings. The molecule has 0 spiro atoms. The third kappa shape index (κ3) is 3.61. The van der Waals surface area contributed by atoms with Crippen LogP contribution in [0.1, 0.15) is 22.8 Å². The van der Waals surface area contributed by atoms with Crippen LogP contribution >= 0.6 is 15.9 Å². The minimum Gasteiger partial charge on any atom is -0.443 e. The Labute approximate surface area is 105 Å². The van der Waals surface area contributed by atoms with Gasteiger partial charge in [0.05, 0.1) is 5.56 Å². The molecule has 0 aromatic heterocycles. The Morgan fingerprint density at radius 2 is 1.94 bits per heavy atom. The zero-order valence-electron chi connectivity index (χ0n) is 9.74. The van der Waals surface area contributed by atoms with Gasteiger partial charge in [0.15, 0.2) is 6.23 Å². The maximum absolute atomic E-state index is 11.7.